The van der Waals surface area contributed by atoms with E-state index >= 15 is 0 Å². The van der Waals surface area contributed by atoms with Crippen molar-refractivity contribution in [3.05, 3.63) is 87.4 Å². The highest BCUT2D eigenvalue weighted by Gasteiger charge is 2.17. The second-order valence-corrected chi connectivity index (χ2v) is 9.43. The lowest BCUT2D eigenvalue weighted by atomic mass is 10.0. The highest BCUT2D eigenvalue weighted by Crippen LogP contribution is 2.27. The van der Waals surface area contributed by atoms with Crippen LogP contribution < -0.4 is 10.0 Å². The summed E-state index contributed by atoms with van der Waals surface area (Å²) >= 11 is 6.30. The van der Waals surface area contributed by atoms with Crippen LogP contribution in [0.5, 0.6) is 0 Å². The molecule has 0 spiro atoms. The summed E-state index contributed by atoms with van der Waals surface area (Å²) in [6.07, 6.45) is 0. The normalized spacial score (nSPS) is 11.2. The number of hydrogen-bond donors (Lipinski definition) is 2. The van der Waals surface area contributed by atoms with Gasteiger partial charge in [0.2, 0.25) is 0 Å². The minimum absolute atomic E-state index is 0.149. The molecule has 3 rings (SSSR count). The molecule has 0 bridgehead atoms. The number of sulfonamides is 1. The van der Waals surface area contributed by atoms with Gasteiger partial charge in [-0.15, -0.1) is 0 Å². The lowest BCUT2D eigenvalue weighted by Gasteiger charge is -2.14. The van der Waals surface area contributed by atoms with E-state index in [0.29, 0.717) is 0 Å². The number of anilines is 2. The molecule has 0 aliphatic heterocycles. The molecule has 0 radical (unpaired) electrons. The van der Waals surface area contributed by atoms with Crippen molar-refractivity contribution in [2.45, 2.75) is 32.6 Å². The maximum absolute atomic E-state index is 12.7. The predicted molar refractivity (Wildman–Crippen MR) is 122 cm³/mol. The topological polar surface area (TPSA) is 75.3 Å². The van der Waals surface area contributed by atoms with E-state index in [0.717, 1.165) is 27.9 Å². The van der Waals surface area contributed by atoms with Crippen LogP contribution in [-0.4, -0.2) is 14.3 Å². The van der Waals surface area contributed by atoms with Gasteiger partial charge in [-0.2, -0.15) is 0 Å². The fraction of sp³-hybridized carbons (Fsp3) is 0.174. The van der Waals surface area contributed by atoms with Crippen LogP contribution >= 0.6 is 11.6 Å². The van der Waals surface area contributed by atoms with Gasteiger partial charge in [-0.3, -0.25) is 9.52 Å². The average Bonchev–Trinajstić information content (AvgIpc) is 2.64. The third-order valence-electron chi connectivity index (χ3n) is 4.71. The standard InChI is InChI=1S/C23H23ClN2O3S/c1-14-5-8-19(9-6-14)30(28,29)26-18-7-10-20(21(24)13-18)23(27)25-22-16(3)11-15(2)12-17(22)4/h5-13,26H,1-4H3,(H,25,27). The molecule has 7 heteroatoms. The summed E-state index contributed by atoms with van der Waals surface area (Å²) in [6, 6.07) is 15.0. The van der Waals surface area contributed by atoms with E-state index in [1.807, 2.05) is 39.8 Å². The number of nitrogens with one attached hydrogen (secondary N) is 2. The lowest BCUT2D eigenvalue weighted by Crippen LogP contribution is -2.16. The van der Waals surface area contributed by atoms with Crippen molar-refractivity contribution in [2.75, 3.05) is 10.0 Å². The molecule has 0 saturated carbocycles. The van der Waals surface area contributed by atoms with E-state index in [2.05, 4.69) is 10.0 Å². The van der Waals surface area contributed by atoms with Gasteiger partial charge in [-0.25, -0.2) is 8.42 Å². The van der Waals surface area contributed by atoms with Crippen molar-refractivity contribution in [3.63, 3.8) is 0 Å². The molecule has 3 aromatic rings. The number of halogens is 1. The Morgan fingerprint density at radius 3 is 2.00 bits per heavy atom. The van der Waals surface area contributed by atoms with Crippen LogP contribution in [-0.2, 0) is 10.0 Å². The van der Waals surface area contributed by atoms with Crippen LogP contribution in [0.3, 0.4) is 0 Å². The fourth-order valence-electron chi connectivity index (χ4n) is 3.25. The monoisotopic (exact) mass is 442 g/mol. The van der Waals surface area contributed by atoms with Crippen LogP contribution in [0.2, 0.25) is 5.02 Å². The van der Waals surface area contributed by atoms with Crippen LogP contribution in [0.1, 0.15) is 32.6 Å². The first-order chi connectivity index (χ1) is 14.1. The molecule has 0 aliphatic carbocycles. The Labute approximate surface area is 182 Å². The molecule has 1 amide bonds. The molecule has 0 atom stereocenters. The van der Waals surface area contributed by atoms with E-state index < -0.39 is 10.0 Å². The minimum atomic E-state index is -3.75. The first kappa shape index (κ1) is 21.9. The summed E-state index contributed by atoms with van der Waals surface area (Å²) in [6.45, 7) is 7.74. The van der Waals surface area contributed by atoms with Crippen molar-refractivity contribution in [1.29, 1.82) is 0 Å². The van der Waals surface area contributed by atoms with Crippen molar-refractivity contribution < 1.29 is 13.2 Å². The first-order valence-corrected chi connectivity index (χ1v) is 11.2. The predicted octanol–water partition coefficient (Wildman–Crippen LogP) is 5.63. The lowest BCUT2D eigenvalue weighted by molar-refractivity contribution is 0.102. The smallest absolute Gasteiger partial charge is 0.261 e. The van der Waals surface area contributed by atoms with Gasteiger partial charge in [0.1, 0.15) is 0 Å². The first-order valence-electron chi connectivity index (χ1n) is 9.35. The highest BCUT2D eigenvalue weighted by atomic mass is 35.5. The Hall–Kier alpha value is -2.83. The maximum atomic E-state index is 12.7. The van der Waals surface area contributed by atoms with E-state index in [4.69, 9.17) is 11.6 Å². The number of aryl methyl sites for hydroxylation is 4. The SMILES string of the molecule is Cc1ccc(S(=O)(=O)Nc2ccc(C(=O)Nc3c(C)cc(C)cc3C)c(Cl)c2)cc1. The summed E-state index contributed by atoms with van der Waals surface area (Å²) < 4.78 is 27.6. The molecule has 0 saturated heterocycles. The number of hydrogen-bond acceptors (Lipinski definition) is 3. The summed E-state index contributed by atoms with van der Waals surface area (Å²) in [5.74, 6) is -0.358. The second-order valence-electron chi connectivity index (χ2n) is 7.34. The van der Waals surface area contributed by atoms with Crippen LogP contribution in [0, 0.1) is 27.7 Å². The van der Waals surface area contributed by atoms with Crippen molar-refractivity contribution in [3.8, 4) is 0 Å². The molecule has 0 fully saturated rings. The van der Waals surface area contributed by atoms with E-state index in [9.17, 15) is 13.2 Å². The van der Waals surface area contributed by atoms with Gasteiger partial charge in [0.05, 0.1) is 21.2 Å². The molecular formula is C23H23ClN2O3S. The van der Waals surface area contributed by atoms with Gasteiger partial charge in [0, 0.05) is 5.69 Å². The van der Waals surface area contributed by atoms with Crippen molar-refractivity contribution >= 4 is 38.9 Å². The Morgan fingerprint density at radius 2 is 1.43 bits per heavy atom. The molecule has 3 aromatic carbocycles. The number of rotatable bonds is 5. The van der Waals surface area contributed by atoms with Crippen LogP contribution in [0.25, 0.3) is 0 Å². The van der Waals surface area contributed by atoms with Gasteiger partial charge in [-0.05, 0) is 69.2 Å². The zero-order valence-electron chi connectivity index (χ0n) is 17.2. The molecule has 156 valence electrons. The Bertz CT molecular complexity index is 1200. The summed E-state index contributed by atoms with van der Waals surface area (Å²) in [5, 5.41) is 3.05. The van der Waals surface area contributed by atoms with E-state index in [1.54, 1.807) is 12.1 Å². The quantitative estimate of drug-likeness (QED) is 0.537. The average molecular weight is 443 g/mol. The molecule has 0 unspecified atom stereocenters. The molecule has 2 N–H and O–H groups in total. The third kappa shape index (κ3) is 4.83. The zero-order chi connectivity index (χ0) is 22.1. The van der Waals surface area contributed by atoms with Gasteiger partial charge in [-0.1, -0.05) is 47.0 Å². The zero-order valence-corrected chi connectivity index (χ0v) is 18.8. The van der Waals surface area contributed by atoms with Gasteiger partial charge in [0.15, 0.2) is 0 Å². The van der Waals surface area contributed by atoms with Crippen LogP contribution in [0.15, 0.2) is 59.5 Å². The molecule has 5 nitrogen and oxygen atoms in total. The number of amides is 1. The van der Waals surface area contributed by atoms with Crippen molar-refractivity contribution in [2.24, 2.45) is 0 Å². The summed E-state index contributed by atoms with van der Waals surface area (Å²) in [5.41, 5.74) is 5.27. The summed E-state index contributed by atoms with van der Waals surface area (Å²) in [7, 11) is -3.75. The van der Waals surface area contributed by atoms with Gasteiger partial charge in [0.25, 0.3) is 15.9 Å². The molecule has 0 heterocycles. The van der Waals surface area contributed by atoms with E-state index in [1.165, 1.54) is 30.3 Å². The van der Waals surface area contributed by atoms with Gasteiger partial charge >= 0.3 is 0 Å². The fourth-order valence-corrected chi connectivity index (χ4v) is 4.57. The Morgan fingerprint density at radius 1 is 0.833 bits per heavy atom. The molecule has 30 heavy (non-hydrogen) atoms. The molecular weight excluding hydrogens is 420 g/mol. The number of carbonyl (C=O) groups is 1. The molecule has 0 aliphatic rings. The van der Waals surface area contributed by atoms with Gasteiger partial charge < -0.3 is 5.32 Å². The number of benzene rings is 3. The van der Waals surface area contributed by atoms with Crippen LogP contribution in [0.4, 0.5) is 11.4 Å². The second kappa shape index (κ2) is 8.50. The Balaban J connectivity index is 1.81. The maximum Gasteiger partial charge on any atom is 0.261 e. The molecule has 0 aromatic heterocycles. The third-order valence-corrected chi connectivity index (χ3v) is 6.42. The van der Waals surface area contributed by atoms with Crippen molar-refractivity contribution in [1.82, 2.24) is 0 Å². The Kier molecular flexibility index (Phi) is 6.19. The summed E-state index contributed by atoms with van der Waals surface area (Å²) in [4.78, 5) is 12.9. The highest BCUT2D eigenvalue weighted by molar-refractivity contribution is 7.92. The largest absolute Gasteiger partial charge is 0.321 e. The minimum Gasteiger partial charge on any atom is -0.321 e. The number of carbonyl (C=O) groups excluding carboxylic acids is 1. The van der Waals surface area contributed by atoms with E-state index in [-0.39, 0.29) is 27.1 Å².